The Morgan fingerprint density at radius 2 is 0.557 bits per heavy atom. The van der Waals surface area contributed by atoms with Gasteiger partial charge in [-0.25, -0.2) is 0 Å². The molecule has 490 valence electrons. The molecule has 5 aromatic carbocycles. The number of carbonyl (C=O) groups is 1. The summed E-state index contributed by atoms with van der Waals surface area (Å²) in [4.78, 5) is 12.1. The van der Waals surface area contributed by atoms with Crippen LogP contribution < -0.4 is 26.6 Å². The van der Waals surface area contributed by atoms with Gasteiger partial charge in [0.1, 0.15) is 11.9 Å². The average Bonchev–Trinajstić information content (AvgIpc) is 0.729. The van der Waals surface area contributed by atoms with Gasteiger partial charge in [0.05, 0.1) is 63.6 Å². The van der Waals surface area contributed by atoms with Crippen LogP contribution in [0.2, 0.25) is 0 Å². The molecule has 0 amide bonds. The zero-order chi connectivity index (χ0) is 66.5. The maximum Gasteiger partial charge on any atom is 0.416 e. The van der Waals surface area contributed by atoms with Gasteiger partial charge in [-0.1, -0.05) is 152 Å². The summed E-state index contributed by atoms with van der Waals surface area (Å²) in [6.07, 6.45) is -28.4. The first-order valence-corrected chi connectivity index (χ1v) is 29.8. The largest absolute Gasteiger partial charge is 0.494 e. The van der Waals surface area contributed by atoms with Crippen LogP contribution in [0.5, 0.6) is 5.75 Å². The maximum absolute atomic E-state index is 14.2. The lowest BCUT2D eigenvalue weighted by Gasteiger charge is -2.46. The third-order valence-corrected chi connectivity index (χ3v) is 15.1. The van der Waals surface area contributed by atoms with Crippen molar-refractivity contribution in [1.29, 1.82) is 0 Å². The second-order valence-electron chi connectivity index (χ2n) is 21.5. The van der Waals surface area contributed by atoms with Crippen LogP contribution in [0.25, 0.3) is 0 Å². The number of carbonyl (C=O) groups excluding carboxylic acids is 1. The van der Waals surface area contributed by atoms with Crippen LogP contribution in [0, 0.1) is 0 Å². The van der Waals surface area contributed by atoms with Crippen LogP contribution in [0.15, 0.2) is 97.1 Å². The van der Waals surface area contributed by atoms with Crippen molar-refractivity contribution in [2.75, 3.05) is 24.9 Å². The number of ketones is 1. The molecule has 0 aromatic heterocycles. The molecule has 0 heterocycles. The van der Waals surface area contributed by atoms with E-state index in [0.29, 0.717) is 5.75 Å². The second-order valence-corrected chi connectivity index (χ2v) is 23.7. The van der Waals surface area contributed by atoms with Crippen LogP contribution >= 0.6 is 0 Å². The zero-order valence-electron chi connectivity index (χ0n) is 47.3. The fourth-order valence-corrected chi connectivity index (χ4v) is 10.7. The molecular formula is C60H61BF24O2S. The Hall–Kier alpha value is -5.70. The Kier molecular flexibility index (Phi) is 25.8. The van der Waals surface area contributed by atoms with Crippen molar-refractivity contribution in [3.63, 3.8) is 0 Å². The second kappa shape index (κ2) is 30.4. The molecule has 0 aliphatic rings. The van der Waals surface area contributed by atoms with Gasteiger partial charge in [-0.2, -0.15) is 127 Å². The van der Waals surface area contributed by atoms with E-state index in [1.807, 2.05) is 24.3 Å². The van der Waals surface area contributed by atoms with Gasteiger partial charge in [0, 0.05) is 5.56 Å². The van der Waals surface area contributed by atoms with Gasteiger partial charge in [0.25, 0.3) is 0 Å². The predicted octanol–water partition coefficient (Wildman–Crippen LogP) is 19.6. The Morgan fingerprint density at radius 3 is 0.761 bits per heavy atom. The summed E-state index contributed by atoms with van der Waals surface area (Å²) in [5, 5.41) is 0. The molecule has 0 aliphatic carbocycles. The molecule has 0 unspecified atom stereocenters. The number of benzene rings is 5. The average molecular weight is 1310 g/mol. The molecule has 2 nitrogen and oxygen atoms in total. The zero-order valence-corrected chi connectivity index (χ0v) is 48.2. The van der Waals surface area contributed by atoms with Crippen molar-refractivity contribution in [3.8, 4) is 5.75 Å². The Bertz CT molecular complexity index is 2580. The first-order chi connectivity index (χ1) is 40.4. The predicted molar refractivity (Wildman–Crippen MR) is 290 cm³/mol. The van der Waals surface area contributed by atoms with Crippen molar-refractivity contribution >= 4 is 44.7 Å². The summed E-state index contributed by atoms with van der Waals surface area (Å²) >= 11 is 0. The van der Waals surface area contributed by atoms with Gasteiger partial charge in [-0.15, -0.1) is 0 Å². The summed E-state index contributed by atoms with van der Waals surface area (Å²) in [6.45, 7) is 3.06. The molecule has 88 heavy (non-hydrogen) atoms. The summed E-state index contributed by atoms with van der Waals surface area (Å²) in [6, 6.07) is -1.14. The standard InChI is InChI=1S/C32H12BF24.C28H49O2S/c34-25(35,36)13-1-14(26(37,38)39)6-21(5-13)33(22-7-15(27(40,41)42)2-16(8-22)28(43,44)45,23-9-17(29(46,47)48)3-18(10-23)30(49,50)51)24-11-19(31(52,53)54)4-20(12-24)32(55,56)57;1-4-5-6-7-8-9-10-11-12-13-14-15-16-17-18-19-24-30-27-22-20-26(21-23-27)28(29)25-31(2)3/h1-12H;20-23H,4-19,24-25H2,1-3H3/q-1;+1. The minimum Gasteiger partial charge on any atom is -0.494 e. The van der Waals surface area contributed by atoms with Crippen molar-refractivity contribution in [2.24, 2.45) is 0 Å². The number of Topliss-reactive ketones (excluding diaryl/α,β-unsaturated/α-hetero) is 1. The Morgan fingerprint density at radius 1 is 0.341 bits per heavy atom. The summed E-state index contributed by atoms with van der Waals surface area (Å²) < 4.78 is 347. The lowest BCUT2D eigenvalue weighted by atomic mass is 9.12. The van der Waals surface area contributed by atoms with Crippen molar-refractivity contribution < 1.29 is 115 Å². The highest BCUT2D eigenvalue weighted by Crippen LogP contribution is 2.42. The first kappa shape index (κ1) is 74.8. The van der Waals surface area contributed by atoms with E-state index in [9.17, 15) is 110 Å². The number of unbranched alkanes of at least 4 members (excludes halogenated alkanes) is 15. The van der Waals surface area contributed by atoms with Crippen LogP contribution in [0.3, 0.4) is 0 Å². The quantitative estimate of drug-likeness (QED) is 0.0191. The third kappa shape index (κ3) is 22.1. The summed E-state index contributed by atoms with van der Waals surface area (Å²) in [5.41, 5.74) is -29.4. The highest BCUT2D eigenvalue weighted by molar-refractivity contribution is 7.96. The van der Waals surface area contributed by atoms with E-state index < -0.39 is 195 Å². The number of alkyl halides is 24. The lowest BCUT2D eigenvalue weighted by molar-refractivity contribution is -0.144. The molecule has 0 atom stereocenters. The van der Waals surface area contributed by atoms with Gasteiger partial charge in [-0.05, 0) is 65.8 Å². The van der Waals surface area contributed by atoms with Crippen molar-refractivity contribution in [3.05, 3.63) is 147 Å². The van der Waals surface area contributed by atoms with E-state index in [1.165, 1.54) is 96.3 Å². The van der Waals surface area contributed by atoms with Crippen LogP contribution in [-0.4, -0.2) is 36.8 Å². The smallest absolute Gasteiger partial charge is 0.416 e. The minimum absolute atomic E-state index is 0.153. The lowest BCUT2D eigenvalue weighted by Crippen LogP contribution is -2.75. The molecule has 5 aromatic rings. The van der Waals surface area contributed by atoms with E-state index in [1.54, 1.807) is 0 Å². The van der Waals surface area contributed by atoms with Crippen LogP contribution in [-0.2, 0) is 60.3 Å². The van der Waals surface area contributed by atoms with Gasteiger partial charge >= 0.3 is 49.4 Å². The summed E-state index contributed by atoms with van der Waals surface area (Å²) in [7, 11) is 0.153. The molecule has 0 bridgehead atoms. The highest BCUT2D eigenvalue weighted by Gasteiger charge is 2.47. The van der Waals surface area contributed by atoms with Crippen molar-refractivity contribution in [2.45, 2.75) is 159 Å². The molecule has 0 fully saturated rings. The SMILES string of the molecule is CCCCCCCCCCCCCCCCCCOc1ccc(C(=O)C[S+](C)C)cc1.FC(F)(F)c1cc([B-](c2cc(C(F)(F)F)cc(C(F)(F)F)c2)(c2cc(C(F)(F)F)cc(C(F)(F)F)c2)c2cc(C(F)(F)F)cc(C(F)(F)F)c2)cc(C(F)(F)F)c1. The van der Waals surface area contributed by atoms with Gasteiger partial charge in [0.2, 0.25) is 5.78 Å². The number of hydrogen-bond acceptors (Lipinski definition) is 2. The first-order valence-electron chi connectivity index (χ1n) is 27.6. The van der Waals surface area contributed by atoms with Crippen molar-refractivity contribution in [1.82, 2.24) is 0 Å². The fraction of sp³-hybridized carbons (Fsp3) is 0.483. The Labute approximate surface area is 495 Å². The van der Waals surface area contributed by atoms with Crippen LogP contribution in [0.4, 0.5) is 105 Å². The molecule has 0 radical (unpaired) electrons. The Balaban J connectivity index is 0.000000451. The van der Waals surface area contributed by atoms with E-state index in [0.717, 1.165) is 24.3 Å². The van der Waals surface area contributed by atoms with E-state index in [2.05, 4.69) is 19.4 Å². The molecule has 0 spiro atoms. The molecule has 0 saturated carbocycles. The van der Waals surface area contributed by atoms with E-state index in [4.69, 9.17) is 4.74 Å². The summed E-state index contributed by atoms with van der Waals surface area (Å²) in [5.74, 6) is 1.75. The van der Waals surface area contributed by atoms with E-state index >= 15 is 0 Å². The number of hydrogen-bond donors (Lipinski definition) is 0. The van der Waals surface area contributed by atoms with Gasteiger partial charge in [0.15, 0.2) is 5.75 Å². The van der Waals surface area contributed by atoms with Gasteiger partial charge in [-0.3, -0.25) is 4.79 Å². The molecular weight excluding hydrogens is 1250 g/mol. The van der Waals surface area contributed by atoms with Gasteiger partial charge < -0.3 is 4.74 Å². The number of rotatable bonds is 25. The maximum atomic E-state index is 14.2. The monoisotopic (exact) mass is 1310 g/mol. The van der Waals surface area contributed by atoms with Crippen LogP contribution in [0.1, 0.15) is 165 Å². The molecule has 0 aliphatic heterocycles. The molecule has 0 N–H and O–H groups in total. The topological polar surface area (TPSA) is 26.3 Å². The molecule has 0 saturated heterocycles. The fourth-order valence-electron chi connectivity index (χ4n) is 9.99. The number of halogens is 24. The highest BCUT2D eigenvalue weighted by atomic mass is 32.2. The van der Waals surface area contributed by atoms with E-state index in [-0.39, 0.29) is 16.7 Å². The number of ether oxygens (including phenoxy) is 1. The molecule has 28 heteroatoms. The minimum atomic E-state index is -6.13. The normalized spacial score (nSPS) is 13.2. The molecule has 5 rings (SSSR count). The third-order valence-electron chi connectivity index (χ3n) is 14.3.